The van der Waals surface area contributed by atoms with Crippen LogP contribution in [-0.2, 0) is 7.05 Å². The fraction of sp³-hybridized carbons (Fsp3) is 0.167. The molecular weight excluding hydrogens is 234 g/mol. The third-order valence-electron chi connectivity index (χ3n) is 2.35. The van der Waals surface area contributed by atoms with Gasteiger partial charge in [-0.15, -0.1) is 0 Å². The van der Waals surface area contributed by atoms with Crippen LogP contribution in [0.4, 0.5) is 0 Å². The van der Waals surface area contributed by atoms with Crippen LogP contribution in [0, 0.1) is 18.3 Å². The van der Waals surface area contributed by atoms with Crippen molar-refractivity contribution in [3.8, 4) is 11.8 Å². The Balaban J connectivity index is 2.44. The lowest BCUT2D eigenvalue weighted by Crippen LogP contribution is -1.92. The summed E-state index contributed by atoms with van der Waals surface area (Å²) in [6.45, 7) is 1.80. The number of hydrogen-bond acceptors (Lipinski definition) is 4. The standard InChI is InChI=1S/C12H11N3OS/c1-8-9(7-13)12(15(2)14-8)17-11-6-4-3-5-10(11)16/h3-6,16H,1-2H3. The molecule has 1 heterocycles. The van der Waals surface area contributed by atoms with Gasteiger partial charge in [0.2, 0.25) is 0 Å². The predicted molar refractivity (Wildman–Crippen MR) is 64.9 cm³/mol. The summed E-state index contributed by atoms with van der Waals surface area (Å²) in [6.07, 6.45) is 0. The predicted octanol–water partition coefficient (Wildman–Crippen LogP) is 2.46. The second-order valence-corrected chi connectivity index (χ2v) is 4.60. The van der Waals surface area contributed by atoms with Crippen molar-refractivity contribution < 1.29 is 5.11 Å². The van der Waals surface area contributed by atoms with E-state index in [4.69, 9.17) is 5.26 Å². The Morgan fingerprint density at radius 2 is 2.12 bits per heavy atom. The molecule has 0 amide bonds. The molecule has 2 rings (SSSR count). The average molecular weight is 245 g/mol. The van der Waals surface area contributed by atoms with Crippen LogP contribution in [0.1, 0.15) is 11.3 Å². The molecule has 0 atom stereocenters. The third kappa shape index (κ3) is 2.12. The van der Waals surface area contributed by atoms with Gasteiger partial charge in [-0.25, -0.2) is 0 Å². The molecule has 0 fully saturated rings. The van der Waals surface area contributed by atoms with Crippen molar-refractivity contribution >= 4 is 11.8 Å². The highest BCUT2D eigenvalue weighted by molar-refractivity contribution is 7.99. The highest BCUT2D eigenvalue weighted by atomic mass is 32.2. The second kappa shape index (κ2) is 4.52. The second-order valence-electron chi connectivity index (χ2n) is 3.57. The molecule has 17 heavy (non-hydrogen) atoms. The molecule has 2 aromatic rings. The lowest BCUT2D eigenvalue weighted by molar-refractivity contribution is 0.462. The van der Waals surface area contributed by atoms with E-state index in [-0.39, 0.29) is 5.75 Å². The van der Waals surface area contributed by atoms with Crippen LogP contribution in [0.5, 0.6) is 5.75 Å². The number of rotatable bonds is 2. The number of phenols is 1. The highest BCUT2D eigenvalue weighted by Crippen LogP contribution is 2.36. The molecule has 0 spiro atoms. The third-order valence-corrected chi connectivity index (χ3v) is 3.58. The highest BCUT2D eigenvalue weighted by Gasteiger charge is 2.15. The van der Waals surface area contributed by atoms with E-state index in [1.807, 2.05) is 12.1 Å². The van der Waals surface area contributed by atoms with E-state index in [0.29, 0.717) is 16.2 Å². The summed E-state index contributed by atoms with van der Waals surface area (Å²) in [7, 11) is 1.79. The zero-order valence-corrected chi connectivity index (χ0v) is 10.3. The molecule has 0 aliphatic rings. The first-order chi connectivity index (χ1) is 8.13. The molecule has 0 aliphatic carbocycles. The number of aryl methyl sites for hydroxylation is 2. The van der Waals surface area contributed by atoms with E-state index in [0.717, 1.165) is 5.03 Å². The van der Waals surface area contributed by atoms with Gasteiger partial charge in [-0.2, -0.15) is 10.4 Å². The molecule has 1 N–H and O–H groups in total. The van der Waals surface area contributed by atoms with Gasteiger partial charge in [-0.3, -0.25) is 4.68 Å². The summed E-state index contributed by atoms with van der Waals surface area (Å²) in [5, 5.41) is 23.7. The fourth-order valence-corrected chi connectivity index (χ4v) is 2.53. The van der Waals surface area contributed by atoms with Gasteiger partial charge in [0.1, 0.15) is 22.4 Å². The van der Waals surface area contributed by atoms with Crippen LogP contribution in [0.3, 0.4) is 0 Å². The van der Waals surface area contributed by atoms with Gasteiger partial charge in [-0.05, 0) is 19.1 Å². The number of para-hydroxylation sites is 1. The molecule has 0 radical (unpaired) electrons. The summed E-state index contributed by atoms with van der Waals surface area (Å²) < 4.78 is 1.66. The molecule has 4 nitrogen and oxygen atoms in total. The summed E-state index contributed by atoms with van der Waals surface area (Å²) in [6, 6.07) is 9.18. The number of nitrogens with zero attached hydrogens (tertiary/aromatic N) is 3. The van der Waals surface area contributed by atoms with E-state index in [9.17, 15) is 5.11 Å². The summed E-state index contributed by atoms with van der Waals surface area (Å²) in [5.74, 6) is 0.209. The Morgan fingerprint density at radius 3 is 2.76 bits per heavy atom. The van der Waals surface area contributed by atoms with Gasteiger partial charge in [0.25, 0.3) is 0 Å². The van der Waals surface area contributed by atoms with Crippen LogP contribution in [-0.4, -0.2) is 14.9 Å². The lowest BCUT2D eigenvalue weighted by atomic mass is 10.3. The molecule has 86 valence electrons. The Labute approximate surface area is 104 Å². The van der Waals surface area contributed by atoms with Crippen LogP contribution < -0.4 is 0 Å². The van der Waals surface area contributed by atoms with E-state index in [2.05, 4.69) is 11.2 Å². The molecule has 0 saturated carbocycles. The summed E-state index contributed by atoms with van der Waals surface area (Å²) in [4.78, 5) is 0.715. The van der Waals surface area contributed by atoms with Crippen molar-refractivity contribution in [1.29, 1.82) is 5.26 Å². The number of benzene rings is 1. The van der Waals surface area contributed by atoms with Crippen LogP contribution in [0.25, 0.3) is 0 Å². The summed E-state index contributed by atoms with van der Waals surface area (Å²) in [5.41, 5.74) is 1.26. The van der Waals surface area contributed by atoms with Crippen LogP contribution in [0.15, 0.2) is 34.2 Å². The van der Waals surface area contributed by atoms with Gasteiger partial charge in [0.15, 0.2) is 0 Å². The van der Waals surface area contributed by atoms with Gasteiger partial charge in [0.05, 0.1) is 10.6 Å². The quantitative estimate of drug-likeness (QED) is 0.882. The molecule has 0 bridgehead atoms. The molecule has 0 aliphatic heterocycles. The van der Waals surface area contributed by atoms with Gasteiger partial charge in [-0.1, -0.05) is 23.9 Å². The Bertz CT molecular complexity index is 598. The Morgan fingerprint density at radius 1 is 1.41 bits per heavy atom. The fourth-order valence-electron chi connectivity index (χ4n) is 1.53. The number of aromatic nitrogens is 2. The maximum atomic E-state index is 9.70. The lowest BCUT2D eigenvalue weighted by Gasteiger charge is -2.04. The zero-order chi connectivity index (χ0) is 12.4. The van der Waals surface area contributed by atoms with E-state index in [1.165, 1.54) is 11.8 Å². The minimum atomic E-state index is 0.209. The minimum absolute atomic E-state index is 0.209. The first-order valence-electron chi connectivity index (χ1n) is 5.03. The van der Waals surface area contributed by atoms with Crippen molar-refractivity contribution in [3.63, 3.8) is 0 Å². The van der Waals surface area contributed by atoms with E-state index < -0.39 is 0 Å². The van der Waals surface area contributed by atoms with Crippen molar-refractivity contribution in [2.75, 3.05) is 0 Å². The van der Waals surface area contributed by atoms with Gasteiger partial charge >= 0.3 is 0 Å². The summed E-state index contributed by atoms with van der Waals surface area (Å²) >= 11 is 1.34. The maximum Gasteiger partial charge on any atom is 0.129 e. The van der Waals surface area contributed by atoms with Crippen molar-refractivity contribution in [1.82, 2.24) is 9.78 Å². The number of hydrogen-bond donors (Lipinski definition) is 1. The SMILES string of the molecule is Cc1nn(C)c(Sc2ccccc2O)c1C#N. The van der Waals surface area contributed by atoms with Crippen molar-refractivity contribution in [2.24, 2.45) is 7.05 Å². The molecule has 1 aromatic heterocycles. The molecule has 1 aromatic carbocycles. The first kappa shape index (κ1) is 11.6. The number of nitriles is 1. The van der Waals surface area contributed by atoms with E-state index in [1.54, 1.807) is 30.8 Å². The normalized spacial score (nSPS) is 10.2. The van der Waals surface area contributed by atoms with Gasteiger partial charge < -0.3 is 5.11 Å². The number of aromatic hydroxyl groups is 1. The molecule has 0 saturated heterocycles. The average Bonchev–Trinajstić information content (AvgIpc) is 2.56. The van der Waals surface area contributed by atoms with Crippen molar-refractivity contribution in [3.05, 3.63) is 35.5 Å². The topological polar surface area (TPSA) is 61.8 Å². The van der Waals surface area contributed by atoms with Gasteiger partial charge in [0, 0.05) is 7.05 Å². The molecular formula is C12H11N3OS. The number of phenolic OH excluding ortho intramolecular Hbond substituents is 1. The smallest absolute Gasteiger partial charge is 0.129 e. The zero-order valence-electron chi connectivity index (χ0n) is 9.51. The largest absolute Gasteiger partial charge is 0.507 e. The molecule has 5 heteroatoms. The maximum absolute atomic E-state index is 9.70. The molecule has 0 unspecified atom stereocenters. The minimum Gasteiger partial charge on any atom is -0.507 e. The van der Waals surface area contributed by atoms with Crippen LogP contribution in [0.2, 0.25) is 0 Å². The Hall–Kier alpha value is -1.93. The monoisotopic (exact) mass is 245 g/mol. The van der Waals surface area contributed by atoms with Crippen LogP contribution >= 0.6 is 11.8 Å². The first-order valence-corrected chi connectivity index (χ1v) is 5.84. The Kier molecular flexibility index (Phi) is 3.07. The van der Waals surface area contributed by atoms with Crippen molar-refractivity contribution in [2.45, 2.75) is 16.8 Å². The van der Waals surface area contributed by atoms with E-state index >= 15 is 0 Å².